The summed E-state index contributed by atoms with van der Waals surface area (Å²) >= 11 is 7.22. The second kappa shape index (κ2) is 10.7. The largest absolute Gasteiger partial charge is 0.497 e. The zero-order chi connectivity index (χ0) is 26.8. The summed E-state index contributed by atoms with van der Waals surface area (Å²) in [5.74, 6) is 1.27. The van der Waals surface area contributed by atoms with Crippen molar-refractivity contribution in [3.05, 3.63) is 121 Å². The highest BCUT2D eigenvalue weighted by molar-refractivity contribution is 7.07. The number of methoxy groups -OCH3 is 1. The van der Waals surface area contributed by atoms with E-state index in [-0.39, 0.29) is 12.2 Å². The van der Waals surface area contributed by atoms with Crippen LogP contribution in [0.5, 0.6) is 5.75 Å². The molecule has 1 unspecified atom stereocenters. The molecule has 2 aromatic carbocycles. The highest BCUT2D eigenvalue weighted by Crippen LogP contribution is 2.31. The maximum absolute atomic E-state index is 13.7. The van der Waals surface area contributed by atoms with E-state index in [1.54, 1.807) is 50.4 Å². The van der Waals surface area contributed by atoms with Crippen molar-refractivity contribution in [1.82, 2.24) is 4.57 Å². The van der Waals surface area contributed by atoms with Crippen molar-refractivity contribution in [2.24, 2.45) is 4.99 Å². The van der Waals surface area contributed by atoms with Crippen LogP contribution in [0.25, 0.3) is 17.4 Å². The number of thiazole rings is 1. The first-order valence-electron chi connectivity index (χ1n) is 11.7. The molecule has 9 heteroatoms. The summed E-state index contributed by atoms with van der Waals surface area (Å²) in [4.78, 5) is 31.9. The molecule has 0 aliphatic carbocycles. The summed E-state index contributed by atoms with van der Waals surface area (Å²) in [6, 6.07) is 17.4. The first kappa shape index (κ1) is 25.5. The van der Waals surface area contributed by atoms with Crippen molar-refractivity contribution >= 4 is 35.0 Å². The van der Waals surface area contributed by atoms with Crippen LogP contribution in [0, 0.1) is 0 Å². The first-order valence-corrected chi connectivity index (χ1v) is 12.9. The molecule has 7 nitrogen and oxygen atoms in total. The molecule has 0 radical (unpaired) electrons. The standard InChI is InChI=1S/C29H23ClN2O5S/c1-4-15-36-28(34)25-17(2)31-29-32(26(25)19-7-11-21(35-3)12-8-19)27(33)24(38-29)16-22-13-14-23(37-22)18-5-9-20(30)10-6-18/h4-14,16,26H,1,15H2,2-3H3/b24-16-. The first-order chi connectivity index (χ1) is 18.4. The maximum Gasteiger partial charge on any atom is 0.338 e. The lowest BCUT2D eigenvalue weighted by atomic mass is 9.96. The number of hydrogen-bond donors (Lipinski definition) is 0. The van der Waals surface area contributed by atoms with E-state index in [1.165, 1.54) is 22.0 Å². The van der Waals surface area contributed by atoms with Gasteiger partial charge in [-0.3, -0.25) is 9.36 Å². The third-order valence-electron chi connectivity index (χ3n) is 6.03. The van der Waals surface area contributed by atoms with Gasteiger partial charge in [-0.25, -0.2) is 9.79 Å². The van der Waals surface area contributed by atoms with Gasteiger partial charge in [-0.2, -0.15) is 0 Å². The summed E-state index contributed by atoms with van der Waals surface area (Å²) in [6.45, 7) is 5.39. The van der Waals surface area contributed by atoms with Gasteiger partial charge in [-0.1, -0.05) is 47.7 Å². The molecule has 2 aromatic heterocycles. The highest BCUT2D eigenvalue weighted by Gasteiger charge is 2.33. The summed E-state index contributed by atoms with van der Waals surface area (Å²) in [7, 11) is 1.58. The van der Waals surface area contributed by atoms with Crippen LogP contribution in [0.4, 0.5) is 0 Å². The Balaban J connectivity index is 1.61. The second-order valence-corrected chi connectivity index (χ2v) is 9.90. The van der Waals surface area contributed by atoms with E-state index in [9.17, 15) is 9.59 Å². The number of benzene rings is 2. The Kier molecular flexibility index (Phi) is 7.18. The van der Waals surface area contributed by atoms with Crippen LogP contribution in [0.15, 0.2) is 98.8 Å². The van der Waals surface area contributed by atoms with Crippen molar-refractivity contribution in [2.45, 2.75) is 13.0 Å². The third kappa shape index (κ3) is 4.88. The van der Waals surface area contributed by atoms with E-state index in [0.29, 0.717) is 42.9 Å². The van der Waals surface area contributed by atoms with Crippen LogP contribution in [-0.2, 0) is 9.53 Å². The number of furan rings is 1. The fraction of sp³-hybridized carbons (Fsp3) is 0.138. The van der Waals surface area contributed by atoms with Gasteiger partial charge in [0.1, 0.15) is 23.9 Å². The zero-order valence-electron chi connectivity index (χ0n) is 20.6. The summed E-state index contributed by atoms with van der Waals surface area (Å²) in [6.07, 6.45) is 3.18. The highest BCUT2D eigenvalue weighted by atomic mass is 35.5. The number of carbonyl (C=O) groups is 1. The molecule has 0 saturated heterocycles. The van der Waals surface area contributed by atoms with Crippen LogP contribution in [-0.4, -0.2) is 24.3 Å². The number of esters is 1. The topological polar surface area (TPSA) is 83.0 Å². The van der Waals surface area contributed by atoms with Gasteiger partial charge in [0.2, 0.25) is 0 Å². The normalized spacial score (nSPS) is 15.1. The van der Waals surface area contributed by atoms with Crippen molar-refractivity contribution in [1.29, 1.82) is 0 Å². The van der Waals surface area contributed by atoms with Crippen LogP contribution in [0.3, 0.4) is 0 Å². The zero-order valence-corrected chi connectivity index (χ0v) is 22.2. The van der Waals surface area contributed by atoms with Crippen LogP contribution < -0.4 is 19.6 Å². The van der Waals surface area contributed by atoms with Crippen molar-refractivity contribution in [3.63, 3.8) is 0 Å². The molecule has 3 heterocycles. The summed E-state index contributed by atoms with van der Waals surface area (Å²) in [5.41, 5.74) is 2.07. The number of halogens is 1. The number of ether oxygens (including phenoxy) is 2. The Bertz CT molecular complexity index is 1730. The molecule has 38 heavy (non-hydrogen) atoms. The molecule has 0 amide bonds. The average Bonchev–Trinajstić information content (AvgIpc) is 3.51. The Morgan fingerprint density at radius 1 is 1.16 bits per heavy atom. The van der Waals surface area contributed by atoms with Crippen molar-refractivity contribution in [3.8, 4) is 17.1 Å². The molecular weight excluding hydrogens is 524 g/mol. The van der Waals surface area contributed by atoms with Gasteiger partial charge in [-0.05, 0) is 61.0 Å². The number of rotatable bonds is 7. The molecule has 1 atom stereocenters. The van der Waals surface area contributed by atoms with E-state index in [2.05, 4.69) is 11.6 Å². The molecule has 0 saturated carbocycles. The predicted molar refractivity (Wildman–Crippen MR) is 147 cm³/mol. The van der Waals surface area contributed by atoms with E-state index in [1.807, 2.05) is 30.3 Å². The molecule has 5 rings (SSSR count). The van der Waals surface area contributed by atoms with Gasteiger partial charge in [-0.15, -0.1) is 0 Å². The minimum atomic E-state index is -0.724. The van der Waals surface area contributed by atoms with E-state index >= 15 is 0 Å². The lowest BCUT2D eigenvalue weighted by Gasteiger charge is -2.24. The number of carbonyl (C=O) groups excluding carboxylic acids is 1. The van der Waals surface area contributed by atoms with Crippen molar-refractivity contribution < 1.29 is 18.7 Å². The number of hydrogen-bond acceptors (Lipinski definition) is 7. The Hall–Kier alpha value is -4.14. The SMILES string of the molecule is C=CCOC(=O)C1=C(C)N=c2s/c(=C\c3ccc(-c4ccc(Cl)cc4)o3)c(=O)n2C1c1ccc(OC)cc1. The molecule has 192 valence electrons. The molecule has 4 aromatic rings. The molecule has 1 aliphatic heterocycles. The maximum atomic E-state index is 13.7. The lowest BCUT2D eigenvalue weighted by Crippen LogP contribution is -2.39. The lowest BCUT2D eigenvalue weighted by molar-refractivity contribution is -0.138. The Morgan fingerprint density at radius 3 is 2.58 bits per heavy atom. The van der Waals surface area contributed by atoms with Gasteiger partial charge < -0.3 is 13.9 Å². The summed E-state index contributed by atoms with van der Waals surface area (Å²) in [5, 5.41) is 0.635. The molecule has 0 fully saturated rings. The summed E-state index contributed by atoms with van der Waals surface area (Å²) < 4.78 is 18.6. The number of allylic oxidation sites excluding steroid dienone is 1. The fourth-order valence-electron chi connectivity index (χ4n) is 4.23. The van der Waals surface area contributed by atoms with Crippen LogP contribution in [0.1, 0.15) is 24.3 Å². The Morgan fingerprint density at radius 2 is 1.89 bits per heavy atom. The smallest absolute Gasteiger partial charge is 0.338 e. The predicted octanol–water partition coefficient (Wildman–Crippen LogP) is 4.89. The van der Waals surface area contributed by atoms with Gasteiger partial charge in [0.05, 0.1) is 29.0 Å². The quantitative estimate of drug-likeness (QED) is 0.243. The molecule has 0 spiro atoms. The van der Waals surface area contributed by atoms with E-state index < -0.39 is 12.0 Å². The minimum Gasteiger partial charge on any atom is -0.497 e. The molecule has 0 bridgehead atoms. The molecule has 1 aliphatic rings. The van der Waals surface area contributed by atoms with Crippen LogP contribution in [0.2, 0.25) is 5.02 Å². The third-order valence-corrected chi connectivity index (χ3v) is 7.27. The molecular formula is C29H23ClN2O5S. The van der Waals surface area contributed by atoms with Crippen LogP contribution >= 0.6 is 22.9 Å². The monoisotopic (exact) mass is 546 g/mol. The number of aromatic nitrogens is 1. The van der Waals surface area contributed by atoms with Gasteiger partial charge in [0, 0.05) is 16.7 Å². The second-order valence-electron chi connectivity index (χ2n) is 8.45. The molecule has 0 N–H and O–H groups in total. The van der Waals surface area contributed by atoms with Gasteiger partial charge in [0.25, 0.3) is 5.56 Å². The van der Waals surface area contributed by atoms with Crippen molar-refractivity contribution in [2.75, 3.05) is 13.7 Å². The number of nitrogens with zero attached hydrogens (tertiary/aromatic N) is 2. The van der Waals surface area contributed by atoms with Gasteiger partial charge >= 0.3 is 5.97 Å². The fourth-order valence-corrected chi connectivity index (χ4v) is 5.38. The van der Waals surface area contributed by atoms with Gasteiger partial charge in [0.15, 0.2) is 4.80 Å². The Labute approximate surface area is 227 Å². The number of fused-ring (bicyclic) bond motifs is 1. The average molecular weight is 547 g/mol. The van der Waals surface area contributed by atoms with E-state index in [4.69, 9.17) is 25.5 Å². The van der Waals surface area contributed by atoms with E-state index in [0.717, 1.165) is 11.1 Å². The minimum absolute atomic E-state index is 0.0454.